The fraction of sp³-hybridized carbons (Fsp3) is 0.154. The smallest absolute Gasteiger partial charge is 0.238 e. The Balaban J connectivity index is 0.00000324. The van der Waals surface area contributed by atoms with Crippen molar-refractivity contribution in [2.75, 3.05) is 6.54 Å². The lowest BCUT2D eigenvalue weighted by Crippen LogP contribution is -2.18. The second-order valence-electron chi connectivity index (χ2n) is 7.79. The lowest BCUT2D eigenvalue weighted by molar-refractivity contribution is 0.303. The predicted molar refractivity (Wildman–Crippen MR) is 140 cm³/mol. The van der Waals surface area contributed by atoms with Gasteiger partial charge in [0.1, 0.15) is 12.4 Å². The van der Waals surface area contributed by atoms with Crippen LogP contribution in [0.25, 0.3) is 10.8 Å². The van der Waals surface area contributed by atoms with E-state index in [9.17, 15) is 8.42 Å². The zero-order valence-corrected chi connectivity index (χ0v) is 20.8. The number of halogens is 2. The average molecular weight is 517 g/mol. The van der Waals surface area contributed by atoms with Gasteiger partial charge in [0.15, 0.2) is 0 Å². The van der Waals surface area contributed by atoms with Crippen molar-refractivity contribution in [1.82, 2.24) is 5.32 Å². The Morgan fingerprint density at radius 2 is 1.53 bits per heavy atom. The Bertz CT molecular complexity index is 1340. The van der Waals surface area contributed by atoms with Gasteiger partial charge in [0.2, 0.25) is 10.0 Å². The minimum atomic E-state index is -3.67. The Hall–Kier alpha value is -2.61. The SMILES string of the molecule is Cl.NS(=O)(=O)c1ccc(CCNCc2c(OCc3ccc(Cl)cc3)ccc3ccccc23)cc1. The van der Waals surface area contributed by atoms with Crippen molar-refractivity contribution in [2.24, 2.45) is 5.14 Å². The van der Waals surface area contributed by atoms with Crippen LogP contribution in [0.4, 0.5) is 0 Å². The van der Waals surface area contributed by atoms with Crippen molar-refractivity contribution >= 4 is 44.8 Å². The molecule has 0 saturated heterocycles. The molecule has 4 aromatic rings. The zero-order chi connectivity index (χ0) is 23.3. The molecule has 0 fully saturated rings. The Kier molecular flexibility index (Phi) is 8.94. The summed E-state index contributed by atoms with van der Waals surface area (Å²) in [5.74, 6) is 0.841. The van der Waals surface area contributed by atoms with E-state index in [-0.39, 0.29) is 17.3 Å². The number of rotatable bonds is 9. The Labute approximate surface area is 211 Å². The van der Waals surface area contributed by atoms with E-state index < -0.39 is 10.0 Å². The van der Waals surface area contributed by atoms with Crippen LogP contribution < -0.4 is 15.2 Å². The van der Waals surface area contributed by atoms with Gasteiger partial charge in [-0.3, -0.25) is 0 Å². The highest BCUT2D eigenvalue weighted by Crippen LogP contribution is 2.29. The van der Waals surface area contributed by atoms with E-state index in [1.165, 1.54) is 12.1 Å². The molecule has 0 saturated carbocycles. The number of hydrogen-bond donors (Lipinski definition) is 2. The number of nitrogens with one attached hydrogen (secondary N) is 1. The first-order valence-electron chi connectivity index (χ1n) is 10.6. The van der Waals surface area contributed by atoms with Crippen LogP contribution in [-0.2, 0) is 29.6 Å². The number of fused-ring (bicyclic) bond motifs is 1. The van der Waals surface area contributed by atoms with E-state index in [1.807, 2.05) is 42.5 Å². The second kappa shape index (κ2) is 11.7. The fourth-order valence-electron chi connectivity index (χ4n) is 3.67. The normalized spacial score (nSPS) is 11.2. The van der Waals surface area contributed by atoms with Gasteiger partial charge < -0.3 is 10.1 Å². The second-order valence-corrected chi connectivity index (χ2v) is 9.79. The molecule has 0 aliphatic carbocycles. The molecular weight excluding hydrogens is 491 g/mol. The van der Waals surface area contributed by atoms with E-state index in [2.05, 4.69) is 23.5 Å². The van der Waals surface area contributed by atoms with Crippen molar-refractivity contribution < 1.29 is 13.2 Å². The topological polar surface area (TPSA) is 81.4 Å². The fourth-order valence-corrected chi connectivity index (χ4v) is 4.31. The van der Waals surface area contributed by atoms with Gasteiger partial charge >= 0.3 is 0 Å². The molecule has 0 radical (unpaired) electrons. The van der Waals surface area contributed by atoms with Crippen LogP contribution in [0.1, 0.15) is 16.7 Å². The molecule has 3 N–H and O–H groups in total. The van der Waals surface area contributed by atoms with E-state index >= 15 is 0 Å². The van der Waals surface area contributed by atoms with Crippen molar-refractivity contribution in [3.63, 3.8) is 0 Å². The number of nitrogens with two attached hydrogens (primary N) is 1. The molecule has 0 amide bonds. The third-order valence-corrected chi connectivity index (χ3v) is 6.63. The highest BCUT2D eigenvalue weighted by molar-refractivity contribution is 7.89. The van der Waals surface area contributed by atoms with Gasteiger partial charge in [0.25, 0.3) is 0 Å². The highest BCUT2D eigenvalue weighted by Gasteiger charge is 2.10. The first kappa shape index (κ1) is 26.0. The summed E-state index contributed by atoms with van der Waals surface area (Å²) in [6.07, 6.45) is 0.761. The van der Waals surface area contributed by atoms with Gasteiger partial charge in [-0.05, 0) is 65.2 Å². The Morgan fingerprint density at radius 3 is 2.24 bits per heavy atom. The van der Waals surface area contributed by atoms with Crippen molar-refractivity contribution in [2.45, 2.75) is 24.5 Å². The molecule has 0 bridgehead atoms. The molecule has 0 spiro atoms. The molecule has 34 heavy (non-hydrogen) atoms. The lowest BCUT2D eigenvalue weighted by Gasteiger charge is -2.15. The first-order valence-corrected chi connectivity index (χ1v) is 12.5. The van der Waals surface area contributed by atoms with E-state index in [4.69, 9.17) is 21.5 Å². The molecule has 0 atom stereocenters. The van der Waals surface area contributed by atoms with Crippen molar-refractivity contribution in [3.8, 4) is 5.75 Å². The summed E-state index contributed by atoms with van der Waals surface area (Å²) in [4.78, 5) is 0.123. The van der Waals surface area contributed by atoms with Gasteiger partial charge in [0, 0.05) is 17.1 Å². The molecule has 0 aliphatic rings. The summed E-state index contributed by atoms with van der Waals surface area (Å²) in [7, 11) is -3.67. The molecule has 0 heterocycles. The van der Waals surface area contributed by atoms with Crippen LogP contribution in [0.2, 0.25) is 5.02 Å². The third kappa shape index (κ3) is 6.72. The van der Waals surface area contributed by atoms with Crippen LogP contribution in [0.5, 0.6) is 5.75 Å². The maximum Gasteiger partial charge on any atom is 0.238 e. The highest BCUT2D eigenvalue weighted by atomic mass is 35.5. The maximum absolute atomic E-state index is 11.4. The monoisotopic (exact) mass is 516 g/mol. The van der Waals surface area contributed by atoms with Gasteiger partial charge in [-0.15, -0.1) is 12.4 Å². The number of primary sulfonamides is 1. The number of sulfonamides is 1. The molecule has 8 heteroatoms. The van der Waals surface area contributed by atoms with E-state index in [1.54, 1.807) is 12.1 Å². The van der Waals surface area contributed by atoms with Crippen LogP contribution in [0.3, 0.4) is 0 Å². The average Bonchev–Trinajstić information content (AvgIpc) is 2.81. The molecular formula is C26H26Cl2N2O3S. The minimum Gasteiger partial charge on any atom is -0.489 e. The number of hydrogen-bond acceptors (Lipinski definition) is 4. The zero-order valence-electron chi connectivity index (χ0n) is 18.4. The third-order valence-electron chi connectivity index (χ3n) is 5.45. The van der Waals surface area contributed by atoms with Crippen LogP contribution in [0, 0.1) is 0 Å². The molecule has 0 unspecified atom stereocenters. The largest absolute Gasteiger partial charge is 0.489 e. The van der Waals surface area contributed by atoms with Crippen LogP contribution >= 0.6 is 24.0 Å². The summed E-state index contributed by atoms with van der Waals surface area (Å²) in [5.41, 5.74) is 3.19. The summed E-state index contributed by atoms with van der Waals surface area (Å²) in [6, 6.07) is 26.6. The minimum absolute atomic E-state index is 0. The molecule has 4 aromatic carbocycles. The van der Waals surface area contributed by atoms with Gasteiger partial charge in [-0.1, -0.05) is 66.2 Å². The van der Waals surface area contributed by atoms with Crippen molar-refractivity contribution in [1.29, 1.82) is 0 Å². The molecule has 0 aromatic heterocycles. The summed E-state index contributed by atoms with van der Waals surface area (Å²) in [5, 5.41) is 11.7. The summed E-state index contributed by atoms with van der Waals surface area (Å²) in [6.45, 7) is 1.83. The van der Waals surface area contributed by atoms with E-state index in [0.29, 0.717) is 18.2 Å². The molecule has 4 rings (SSSR count). The van der Waals surface area contributed by atoms with Gasteiger partial charge in [-0.25, -0.2) is 13.6 Å². The predicted octanol–water partition coefficient (Wildman–Crippen LogP) is 5.47. The summed E-state index contributed by atoms with van der Waals surface area (Å²) >= 11 is 5.98. The number of ether oxygens (including phenoxy) is 1. The molecule has 178 valence electrons. The first-order chi connectivity index (χ1) is 15.9. The quantitative estimate of drug-likeness (QED) is 0.289. The van der Waals surface area contributed by atoms with E-state index in [0.717, 1.165) is 46.2 Å². The standard InChI is InChI=1S/C26H25ClN2O3S.ClH/c27-22-10-5-20(6-11-22)18-32-26-14-9-21-3-1-2-4-24(21)25(26)17-29-16-15-19-7-12-23(13-8-19)33(28,30)31;/h1-14,29H,15-18H2,(H2,28,30,31);1H. The summed E-state index contributed by atoms with van der Waals surface area (Å²) < 4.78 is 29.0. The molecule has 0 aliphatic heterocycles. The Morgan fingerprint density at radius 1 is 0.853 bits per heavy atom. The molecule has 5 nitrogen and oxygen atoms in total. The number of benzene rings is 4. The van der Waals surface area contributed by atoms with Crippen LogP contribution in [-0.4, -0.2) is 15.0 Å². The lowest BCUT2D eigenvalue weighted by atomic mass is 10.0. The van der Waals surface area contributed by atoms with Crippen molar-refractivity contribution in [3.05, 3.63) is 107 Å². The van der Waals surface area contributed by atoms with Gasteiger partial charge in [0.05, 0.1) is 4.90 Å². The van der Waals surface area contributed by atoms with Crippen LogP contribution in [0.15, 0.2) is 89.8 Å². The maximum atomic E-state index is 11.4. The van der Waals surface area contributed by atoms with Gasteiger partial charge in [-0.2, -0.15) is 0 Å².